The van der Waals surface area contributed by atoms with Crippen molar-refractivity contribution in [3.05, 3.63) is 62.5 Å². The summed E-state index contributed by atoms with van der Waals surface area (Å²) < 4.78 is 5.24. The molecule has 0 aliphatic carbocycles. The van der Waals surface area contributed by atoms with Gasteiger partial charge in [-0.3, -0.25) is 14.9 Å². The van der Waals surface area contributed by atoms with E-state index in [-0.39, 0.29) is 34.3 Å². The van der Waals surface area contributed by atoms with E-state index < -0.39 is 22.8 Å². The Morgan fingerprint density at radius 1 is 1.24 bits per heavy atom. The predicted octanol–water partition coefficient (Wildman–Crippen LogP) is 2.74. The van der Waals surface area contributed by atoms with Crippen molar-refractivity contribution < 1.29 is 29.2 Å². The Labute approximate surface area is 171 Å². The van der Waals surface area contributed by atoms with Gasteiger partial charge in [-0.15, -0.1) is 0 Å². The van der Waals surface area contributed by atoms with Gasteiger partial charge in [-0.2, -0.15) is 0 Å². The number of carboxylic acid groups (broad SMARTS) is 1. The molecule has 29 heavy (non-hydrogen) atoms. The van der Waals surface area contributed by atoms with Gasteiger partial charge >= 0.3 is 11.9 Å². The number of nitro groups is 1. The van der Waals surface area contributed by atoms with Gasteiger partial charge in [-0.1, -0.05) is 23.9 Å². The van der Waals surface area contributed by atoms with Crippen molar-refractivity contribution in [1.29, 1.82) is 0 Å². The second-order valence-corrected chi connectivity index (χ2v) is 7.54. The van der Waals surface area contributed by atoms with Crippen LogP contribution in [-0.4, -0.2) is 39.4 Å². The van der Waals surface area contributed by atoms with Gasteiger partial charge in [0.05, 0.1) is 22.0 Å². The lowest BCUT2D eigenvalue weighted by atomic mass is 9.80. The lowest BCUT2D eigenvalue weighted by Crippen LogP contribution is -2.32. The summed E-state index contributed by atoms with van der Waals surface area (Å²) in [6.07, 6.45) is 0. The molecule has 2 N–H and O–H groups in total. The third-order valence-electron chi connectivity index (χ3n) is 4.25. The van der Waals surface area contributed by atoms with Crippen molar-refractivity contribution in [3.8, 4) is 0 Å². The minimum absolute atomic E-state index is 0.0351. The molecular weight excluding hydrogens is 400 g/mol. The SMILES string of the molecule is CC(=O)SCCOC(=O)C1=C(C)NC(C)=C(C(=O)O)C1c1cccc([N+](=O)[O-])c1. The third-order valence-corrected chi connectivity index (χ3v) is 5.02. The topological polar surface area (TPSA) is 136 Å². The zero-order valence-electron chi connectivity index (χ0n) is 16.1. The molecule has 1 aliphatic heterocycles. The molecule has 0 aromatic heterocycles. The summed E-state index contributed by atoms with van der Waals surface area (Å²) in [5.74, 6) is -2.77. The fraction of sp³-hybridized carbons (Fsp3) is 0.316. The Kier molecular flexibility index (Phi) is 7.16. The summed E-state index contributed by atoms with van der Waals surface area (Å²) in [4.78, 5) is 46.3. The van der Waals surface area contributed by atoms with Crippen LogP contribution in [0.15, 0.2) is 46.8 Å². The highest BCUT2D eigenvalue weighted by molar-refractivity contribution is 8.13. The molecule has 1 unspecified atom stereocenters. The molecule has 154 valence electrons. The summed E-state index contributed by atoms with van der Waals surface area (Å²) in [5, 5.41) is 23.6. The third kappa shape index (κ3) is 5.23. The number of carboxylic acids is 1. The first kappa shape index (κ1) is 22.2. The Hall–Kier alpha value is -3.14. The number of esters is 1. The number of aliphatic carboxylic acids is 1. The van der Waals surface area contributed by atoms with Crippen LogP contribution in [0.2, 0.25) is 0 Å². The molecule has 1 aliphatic rings. The number of rotatable bonds is 7. The minimum atomic E-state index is -1.25. The number of allylic oxidation sites excluding steroid dienone is 2. The summed E-state index contributed by atoms with van der Waals surface area (Å²) >= 11 is 1.00. The van der Waals surface area contributed by atoms with Crippen molar-refractivity contribution in [2.45, 2.75) is 26.7 Å². The fourth-order valence-electron chi connectivity index (χ4n) is 3.10. The molecule has 2 rings (SSSR count). The molecule has 10 heteroatoms. The van der Waals surface area contributed by atoms with E-state index in [1.54, 1.807) is 13.8 Å². The highest BCUT2D eigenvalue weighted by atomic mass is 32.2. The molecular formula is C19H20N2O7S. The van der Waals surface area contributed by atoms with Crippen LogP contribution in [0.4, 0.5) is 5.69 Å². The van der Waals surface area contributed by atoms with Crippen LogP contribution in [0.1, 0.15) is 32.3 Å². The van der Waals surface area contributed by atoms with Crippen molar-refractivity contribution >= 4 is 34.5 Å². The average molecular weight is 420 g/mol. The Morgan fingerprint density at radius 2 is 1.90 bits per heavy atom. The Bertz CT molecular complexity index is 936. The van der Waals surface area contributed by atoms with Gasteiger partial charge in [-0.05, 0) is 19.4 Å². The van der Waals surface area contributed by atoms with Crippen molar-refractivity contribution in [2.24, 2.45) is 0 Å². The first-order chi connectivity index (χ1) is 13.6. The van der Waals surface area contributed by atoms with Gasteiger partial charge in [0.15, 0.2) is 5.12 Å². The molecule has 0 saturated carbocycles. The van der Waals surface area contributed by atoms with Gasteiger partial charge < -0.3 is 15.2 Å². The molecule has 0 amide bonds. The maximum absolute atomic E-state index is 12.8. The molecule has 1 aromatic rings. The summed E-state index contributed by atoms with van der Waals surface area (Å²) in [7, 11) is 0. The van der Waals surface area contributed by atoms with E-state index >= 15 is 0 Å². The number of nitrogens with zero attached hydrogens (tertiary/aromatic N) is 1. The van der Waals surface area contributed by atoms with E-state index in [0.29, 0.717) is 17.0 Å². The highest BCUT2D eigenvalue weighted by Gasteiger charge is 2.37. The van der Waals surface area contributed by atoms with Crippen LogP contribution in [0.5, 0.6) is 0 Å². The molecule has 1 heterocycles. The van der Waals surface area contributed by atoms with E-state index in [1.807, 2.05) is 0 Å². The van der Waals surface area contributed by atoms with Crippen molar-refractivity contribution in [2.75, 3.05) is 12.4 Å². The summed E-state index contributed by atoms with van der Waals surface area (Å²) in [5.41, 5.74) is 0.763. The van der Waals surface area contributed by atoms with Crippen molar-refractivity contribution in [1.82, 2.24) is 5.32 Å². The van der Waals surface area contributed by atoms with Crippen LogP contribution in [0.25, 0.3) is 0 Å². The van der Waals surface area contributed by atoms with Crippen LogP contribution in [0, 0.1) is 10.1 Å². The first-order valence-electron chi connectivity index (χ1n) is 8.60. The van der Waals surface area contributed by atoms with Crippen LogP contribution >= 0.6 is 11.8 Å². The Morgan fingerprint density at radius 3 is 2.48 bits per heavy atom. The van der Waals surface area contributed by atoms with Crippen LogP contribution in [0.3, 0.4) is 0 Å². The zero-order chi connectivity index (χ0) is 21.7. The molecule has 0 radical (unpaired) electrons. The van der Waals surface area contributed by atoms with Crippen molar-refractivity contribution in [3.63, 3.8) is 0 Å². The number of nitro benzene ring substituents is 1. The van der Waals surface area contributed by atoms with E-state index in [0.717, 1.165) is 11.8 Å². The second-order valence-electron chi connectivity index (χ2n) is 6.27. The largest absolute Gasteiger partial charge is 0.478 e. The van der Waals surface area contributed by atoms with Gasteiger partial charge in [0.1, 0.15) is 6.61 Å². The molecule has 0 saturated heterocycles. The van der Waals surface area contributed by atoms with Crippen LogP contribution in [-0.2, 0) is 19.1 Å². The van der Waals surface area contributed by atoms with Gasteiger partial charge in [-0.25, -0.2) is 9.59 Å². The number of non-ortho nitro benzene ring substituents is 1. The minimum Gasteiger partial charge on any atom is -0.478 e. The quantitative estimate of drug-likeness (QED) is 0.295. The number of carbonyl (C=O) groups excluding carboxylic acids is 2. The number of carbonyl (C=O) groups is 3. The number of dihydropyridines is 1. The number of ether oxygens (including phenoxy) is 1. The van der Waals surface area contributed by atoms with Gasteiger partial charge in [0.2, 0.25) is 0 Å². The Balaban J connectivity index is 2.46. The van der Waals surface area contributed by atoms with E-state index in [2.05, 4.69) is 5.32 Å². The van der Waals surface area contributed by atoms with Gasteiger partial charge in [0.25, 0.3) is 5.69 Å². The molecule has 0 bridgehead atoms. The van der Waals surface area contributed by atoms with Gasteiger partial charge in [0, 0.05) is 36.2 Å². The smallest absolute Gasteiger partial charge is 0.336 e. The summed E-state index contributed by atoms with van der Waals surface area (Å²) in [6, 6.07) is 5.50. The normalized spacial score (nSPS) is 16.3. The molecule has 9 nitrogen and oxygen atoms in total. The first-order valence-corrected chi connectivity index (χ1v) is 9.58. The van der Waals surface area contributed by atoms with Crippen LogP contribution < -0.4 is 5.32 Å². The number of hydrogen-bond acceptors (Lipinski definition) is 8. The number of benzene rings is 1. The lowest BCUT2D eigenvalue weighted by molar-refractivity contribution is -0.384. The molecule has 1 aromatic carbocycles. The highest BCUT2D eigenvalue weighted by Crippen LogP contribution is 2.39. The van der Waals surface area contributed by atoms with E-state index in [1.165, 1.54) is 31.2 Å². The number of nitrogens with one attached hydrogen (secondary N) is 1. The second kappa shape index (κ2) is 9.37. The lowest BCUT2D eigenvalue weighted by Gasteiger charge is -2.29. The monoisotopic (exact) mass is 420 g/mol. The average Bonchev–Trinajstić information content (AvgIpc) is 2.64. The maximum atomic E-state index is 12.8. The van der Waals surface area contributed by atoms with E-state index in [4.69, 9.17) is 4.74 Å². The number of hydrogen-bond donors (Lipinski definition) is 2. The molecule has 0 spiro atoms. The standard InChI is InChI=1S/C19H20N2O7S/c1-10-15(18(23)24)17(13-5-4-6-14(9-13)21(26)27)16(11(2)20-10)19(25)28-7-8-29-12(3)22/h4-6,9,17,20H,7-8H2,1-3H3,(H,23,24). The molecule has 1 atom stereocenters. The van der Waals surface area contributed by atoms with E-state index in [9.17, 15) is 29.6 Å². The fourth-order valence-corrected chi connectivity index (χ4v) is 3.55. The number of thioether (sulfide) groups is 1. The summed E-state index contributed by atoms with van der Waals surface area (Å²) in [6.45, 7) is 4.53. The predicted molar refractivity (Wildman–Crippen MR) is 106 cm³/mol. The molecule has 0 fully saturated rings. The maximum Gasteiger partial charge on any atom is 0.336 e. The zero-order valence-corrected chi connectivity index (χ0v) is 16.9.